The molecule has 0 bridgehead atoms. The van der Waals surface area contributed by atoms with E-state index < -0.39 is 17.2 Å². The first-order valence-corrected chi connectivity index (χ1v) is 8.40. The molecular formula is C18H27FN2O4. The van der Waals surface area contributed by atoms with Gasteiger partial charge in [-0.3, -0.25) is 15.1 Å². The van der Waals surface area contributed by atoms with Crippen LogP contribution in [-0.4, -0.2) is 42.5 Å². The third kappa shape index (κ3) is 5.57. The first-order chi connectivity index (χ1) is 11.6. The van der Waals surface area contributed by atoms with E-state index in [1.54, 1.807) is 32.9 Å². The summed E-state index contributed by atoms with van der Waals surface area (Å²) in [6.07, 6.45) is 0.713. The second-order valence-corrected chi connectivity index (χ2v) is 7.45. The second-order valence-electron chi connectivity index (χ2n) is 7.45. The fourth-order valence-electron chi connectivity index (χ4n) is 2.93. The standard InChI is InChI=1S/C18H27FN2O4/c1-17(2,3)25-16(22)12-18(23)7-9-21(10-8-18)15-6-5-13(20-24-4)11-14(15)19/h5-6,11,20,23H,7-10,12H2,1-4H3. The van der Waals surface area contributed by atoms with Crippen molar-refractivity contribution in [2.75, 3.05) is 30.6 Å². The van der Waals surface area contributed by atoms with Gasteiger partial charge in [0.25, 0.3) is 0 Å². The highest BCUT2D eigenvalue weighted by molar-refractivity contribution is 5.71. The van der Waals surface area contributed by atoms with Gasteiger partial charge in [0, 0.05) is 19.2 Å². The summed E-state index contributed by atoms with van der Waals surface area (Å²) in [6.45, 7) is 6.31. The van der Waals surface area contributed by atoms with Crippen molar-refractivity contribution in [3.63, 3.8) is 0 Å². The molecule has 0 unspecified atom stereocenters. The number of hydrogen-bond donors (Lipinski definition) is 2. The molecular weight excluding hydrogens is 327 g/mol. The van der Waals surface area contributed by atoms with E-state index in [2.05, 4.69) is 5.48 Å². The summed E-state index contributed by atoms with van der Waals surface area (Å²) in [5.41, 5.74) is 1.91. The van der Waals surface area contributed by atoms with Crippen molar-refractivity contribution in [2.45, 2.75) is 51.2 Å². The van der Waals surface area contributed by atoms with Crippen LogP contribution in [0.1, 0.15) is 40.0 Å². The van der Waals surface area contributed by atoms with Crippen LogP contribution in [0.25, 0.3) is 0 Å². The highest BCUT2D eigenvalue weighted by Crippen LogP contribution is 2.31. The maximum Gasteiger partial charge on any atom is 0.309 e. The van der Waals surface area contributed by atoms with Gasteiger partial charge in [0.2, 0.25) is 0 Å². The largest absolute Gasteiger partial charge is 0.460 e. The number of hydrogen-bond acceptors (Lipinski definition) is 6. The molecule has 7 heteroatoms. The molecule has 1 aliphatic heterocycles. The van der Waals surface area contributed by atoms with Gasteiger partial charge in [-0.2, -0.15) is 0 Å². The molecule has 0 amide bonds. The topological polar surface area (TPSA) is 71.0 Å². The number of piperidine rings is 1. The molecule has 0 radical (unpaired) electrons. The lowest BCUT2D eigenvalue weighted by Gasteiger charge is -2.39. The zero-order valence-corrected chi connectivity index (χ0v) is 15.3. The second kappa shape index (κ2) is 7.58. The quantitative estimate of drug-likeness (QED) is 0.626. The number of halogens is 1. The van der Waals surface area contributed by atoms with Crippen molar-refractivity contribution in [3.8, 4) is 0 Å². The number of nitrogens with one attached hydrogen (secondary N) is 1. The van der Waals surface area contributed by atoms with E-state index in [0.29, 0.717) is 37.3 Å². The van der Waals surface area contributed by atoms with Gasteiger partial charge in [-0.05, 0) is 45.7 Å². The highest BCUT2D eigenvalue weighted by Gasteiger charge is 2.36. The third-order valence-electron chi connectivity index (χ3n) is 4.10. The summed E-state index contributed by atoms with van der Waals surface area (Å²) in [4.78, 5) is 18.6. The number of carbonyl (C=O) groups is 1. The van der Waals surface area contributed by atoms with Crippen molar-refractivity contribution in [2.24, 2.45) is 0 Å². The molecule has 1 aliphatic rings. The number of carbonyl (C=O) groups excluding carboxylic acids is 1. The van der Waals surface area contributed by atoms with E-state index in [9.17, 15) is 14.3 Å². The summed E-state index contributed by atoms with van der Waals surface area (Å²) >= 11 is 0. The van der Waals surface area contributed by atoms with Gasteiger partial charge in [0.1, 0.15) is 11.4 Å². The summed E-state index contributed by atoms with van der Waals surface area (Å²) in [6, 6.07) is 4.76. The van der Waals surface area contributed by atoms with Crippen LogP contribution in [0.4, 0.5) is 15.8 Å². The summed E-state index contributed by atoms with van der Waals surface area (Å²) < 4.78 is 19.6. The Bertz CT molecular complexity index is 608. The van der Waals surface area contributed by atoms with Crippen molar-refractivity contribution >= 4 is 17.3 Å². The molecule has 0 aliphatic carbocycles. The van der Waals surface area contributed by atoms with Crippen LogP contribution < -0.4 is 10.4 Å². The van der Waals surface area contributed by atoms with Crippen LogP contribution in [0.3, 0.4) is 0 Å². The Morgan fingerprint density at radius 3 is 2.52 bits per heavy atom. The number of esters is 1. The van der Waals surface area contributed by atoms with Crippen LogP contribution in [0.15, 0.2) is 18.2 Å². The molecule has 6 nitrogen and oxygen atoms in total. The Morgan fingerprint density at radius 1 is 1.36 bits per heavy atom. The molecule has 0 aromatic heterocycles. The maximum atomic E-state index is 14.3. The average molecular weight is 354 g/mol. The Hall–Kier alpha value is -1.86. The predicted octanol–water partition coefficient (Wildman–Crippen LogP) is 2.86. The minimum Gasteiger partial charge on any atom is -0.460 e. The Morgan fingerprint density at radius 2 is 2.00 bits per heavy atom. The Labute approximate surface area is 147 Å². The maximum absolute atomic E-state index is 14.3. The van der Waals surface area contributed by atoms with E-state index in [1.807, 2.05) is 4.90 Å². The van der Waals surface area contributed by atoms with Gasteiger partial charge in [-0.15, -0.1) is 0 Å². The molecule has 25 heavy (non-hydrogen) atoms. The summed E-state index contributed by atoms with van der Waals surface area (Å²) in [5, 5.41) is 10.6. The van der Waals surface area contributed by atoms with Gasteiger partial charge in [0.05, 0.1) is 30.5 Å². The third-order valence-corrected chi connectivity index (χ3v) is 4.10. The molecule has 1 aromatic carbocycles. The van der Waals surface area contributed by atoms with Gasteiger partial charge < -0.3 is 14.7 Å². The number of nitrogens with zero attached hydrogens (tertiary/aromatic N) is 1. The van der Waals surface area contributed by atoms with Crippen molar-refractivity contribution < 1.29 is 23.9 Å². The zero-order chi connectivity index (χ0) is 18.7. The van der Waals surface area contributed by atoms with Crippen LogP contribution in [0, 0.1) is 5.82 Å². The van der Waals surface area contributed by atoms with E-state index in [4.69, 9.17) is 9.57 Å². The van der Waals surface area contributed by atoms with Crippen molar-refractivity contribution in [1.29, 1.82) is 0 Å². The smallest absolute Gasteiger partial charge is 0.309 e. The van der Waals surface area contributed by atoms with Crippen LogP contribution in [0.2, 0.25) is 0 Å². The van der Waals surface area contributed by atoms with E-state index in [0.717, 1.165) is 0 Å². The summed E-state index contributed by atoms with van der Waals surface area (Å²) in [7, 11) is 1.46. The number of benzene rings is 1. The molecule has 1 aromatic rings. The molecule has 0 atom stereocenters. The Balaban J connectivity index is 1.95. The van der Waals surface area contributed by atoms with Gasteiger partial charge in [0.15, 0.2) is 0 Å². The molecule has 2 rings (SSSR count). The van der Waals surface area contributed by atoms with Crippen LogP contribution >= 0.6 is 0 Å². The predicted molar refractivity (Wildman–Crippen MR) is 93.9 cm³/mol. The number of anilines is 2. The van der Waals surface area contributed by atoms with E-state index >= 15 is 0 Å². The SMILES string of the molecule is CONc1ccc(N2CCC(O)(CC(=O)OC(C)(C)C)CC2)c(F)c1. The van der Waals surface area contributed by atoms with Crippen molar-refractivity contribution in [1.82, 2.24) is 0 Å². The minimum atomic E-state index is -1.10. The molecule has 1 fully saturated rings. The highest BCUT2D eigenvalue weighted by atomic mass is 19.1. The number of ether oxygens (including phenoxy) is 1. The Kier molecular flexibility index (Phi) is 5.90. The molecule has 0 saturated carbocycles. The fraction of sp³-hybridized carbons (Fsp3) is 0.611. The number of aliphatic hydroxyl groups is 1. The van der Waals surface area contributed by atoms with Crippen LogP contribution in [0.5, 0.6) is 0 Å². The van der Waals surface area contributed by atoms with Crippen molar-refractivity contribution in [3.05, 3.63) is 24.0 Å². The van der Waals surface area contributed by atoms with Gasteiger partial charge in [-0.1, -0.05) is 0 Å². The molecule has 1 heterocycles. The fourth-order valence-corrected chi connectivity index (χ4v) is 2.93. The molecule has 140 valence electrons. The first kappa shape index (κ1) is 19.5. The van der Waals surface area contributed by atoms with Crippen LogP contribution in [-0.2, 0) is 14.4 Å². The van der Waals surface area contributed by atoms with E-state index in [1.165, 1.54) is 13.2 Å². The molecule has 1 saturated heterocycles. The van der Waals surface area contributed by atoms with Gasteiger partial charge in [-0.25, -0.2) is 4.39 Å². The molecule has 2 N–H and O–H groups in total. The lowest BCUT2D eigenvalue weighted by Crippen LogP contribution is -2.46. The normalized spacial score (nSPS) is 17.3. The summed E-state index contributed by atoms with van der Waals surface area (Å²) in [5.74, 6) is -0.774. The van der Waals surface area contributed by atoms with Gasteiger partial charge >= 0.3 is 5.97 Å². The molecule has 0 spiro atoms. The first-order valence-electron chi connectivity index (χ1n) is 8.40. The zero-order valence-electron chi connectivity index (χ0n) is 15.3. The monoisotopic (exact) mass is 354 g/mol. The lowest BCUT2D eigenvalue weighted by atomic mass is 9.88. The average Bonchev–Trinajstić information content (AvgIpc) is 2.46. The van der Waals surface area contributed by atoms with E-state index in [-0.39, 0.29) is 12.2 Å². The number of rotatable bonds is 5. The minimum absolute atomic E-state index is 0.0444. The lowest BCUT2D eigenvalue weighted by molar-refractivity contribution is -0.161.